The van der Waals surface area contributed by atoms with Crippen molar-refractivity contribution in [2.45, 2.75) is 13.0 Å². The maximum Gasteiger partial charge on any atom is 0.322 e. The van der Waals surface area contributed by atoms with Crippen molar-refractivity contribution in [3.8, 4) is 0 Å². The second-order valence-electron chi connectivity index (χ2n) is 3.02. The number of hydrogen-bond donors (Lipinski definition) is 3. The molecule has 0 aliphatic heterocycles. The second kappa shape index (κ2) is 5.11. The molecular formula is C10H12N2O3. The van der Waals surface area contributed by atoms with E-state index in [-0.39, 0.29) is 5.91 Å². The first-order valence-electron chi connectivity index (χ1n) is 4.45. The molecule has 1 aromatic rings. The molecule has 0 spiro atoms. The lowest BCUT2D eigenvalue weighted by Gasteiger charge is -2.10. The van der Waals surface area contributed by atoms with E-state index in [0.29, 0.717) is 5.56 Å². The summed E-state index contributed by atoms with van der Waals surface area (Å²) in [6.45, 7) is 1.44. The molecule has 5 heteroatoms. The lowest BCUT2D eigenvalue weighted by Crippen LogP contribution is -2.46. The van der Waals surface area contributed by atoms with Crippen LogP contribution in [0, 0.1) is 0 Å². The molecule has 3 N–H and O–H groups in total. The molecule has 0 saturated heterocycles. The quantitative estimate of drug-likeness (QED) is 0.625. The van der Waals surface area contributed by atoms with E-state index in [9.17, 15) is 9.59 Å². The van der Waals surface area contributed by atoms with E-state index in [4.69, 9.17) is 5.11 Å². The molecule has 1 amide bonds. The van der Waals surface area contributed by atoms with Crippen LogP contribution in [0.2, 0.25) is 0 Å². The first kappa shape index (κ1) is 11.2. The topological polar surface area (TPSA) is 78.4 Å². The van der Waals surface area contributed by atoms with Crippen molar-refractivity contribution in [1.29, 1.82) is 0 Å². The Balaban J connectivity index is 2.47. The zero-order chi connectivity index (χ0) is 11.3. The molecule has 1 rings (SSSR count). The summed E-state index contributed by atoms with van der Waals surface area (Å²) in [5, 5.41) is 8.55. The van der Waals surface area contributed by atoms with Gasteiger partial charge in [0.25, 0.3) is 5.91 Å². The normalized spacial score (nSPS) is 11.8. The van der Waals surface area contributed by atoms with Crippen molar-refractivity contribution >= 4 is 11.9 Å². The Morgan fingerprint density at radius 3 is 2.40 bits per heavy atom. The van der Waals surface area contributed by atoms with Gasteiger partial charge in [0.2, 0.25) is 0 Å². The maximum absolute atomic E-state index is 11.4. The number of hydrazine groups is 1. The van der Waals surface area contributed by atoms with Crippen molar-refractivity contribution in [1.82, 2.24) is 10.9 Å². The highest BCUT2D eigenvalue weighted by molar-refractivity contribution is 5.93. The van der Waals surface area contributed by atoms with Crippen LogP contribution in [0.3, 0.4) is 0 Å². The first-order chi connectivity index (χ1) is 7.11. The Hall–Kier alpha value is -1.88. The molecule has 0 unspecified atom stereocenters. The van der Waals surface area contributed by atoms with Crippen LogP contribution in [-0.4, -0.2) is 23.0 Å². The predicted octanol–water partition coefficient (Wildman–Crippen LogP) is 0.394. The number of aliphatic carboxylic acids is 1. The molecule has 1 aromatic carbocycles. The third-order valence-corrected chi connectivity index (χ3v) is 1.81. The lowest BCUT2D eigenvalue weighted by atomic mass is 10.2. The van der Waals surface area contributed by atoms with Crippen LogP contribution in [-0.2, 0) is 4.79 Å². The molecule has 0 aliphatic rings. The molecule has 80 valence electrons. The molecule has 0 aromatic heterocycles. The van der Waals surface area contributed by atoms with Crippen LogP contribution >= 0.6 is 0 Å². The van der Waals surface area contributed by atoms with Gasteiger partial charge in [-0.1, -0.05) is 18.2 Å². The summed E-state index contributed by atoms with van der Waals surface area (Å²) < 4.78 is 0. The van der Waals surface area contributed by atoms with Gasteiger partial charge in [-0.05, 0) is 19.1 Å². The number of carbonyl (C=O) groups is 2. The predicted molar refractivity (Wildman–Crippen MR) is 54.1 cm³/mol. The molecule has 0 bridgehead atoms. The van der Waals surface area contributed by atoms with Crippen LogP contribution in [0.5, 0.6) is 0 Å². The smallest absolute Gasteiger partial charge is 0.322 e. The van der Waals surface area contributed by atoms with Gasteiger partial charge < -0.3 is 5.11 Å². The molecule has 15 heavy (non-hydrogen) atoms. The fraction of sp³-hybridized carbons (Fsp3) is 0.200. The van der Waals surface area contributed by atoms with Crippen LogP contribution in [0.25, 0.3) is 0 Å². The zero-order valence-corrected chi connectivity index (χ0v) is 8.23. The Morgan fingerprint density at radius 2 is 1.87 bits per heavy atom. The van der Waals surface area contributed by atoms with Crippen LogP contribution < -0.4 is 10.9 Å². The van der Waals surface area contributed by atoms with Gasteiger partial charge in [0, 0.05) is 5.56 Å². The number of carboxylic acid groups (broad SMARTS) is 1. The Labute approximate surface area is 87.1 Å². The number of amides is 1. The average molecular weight is 208 g/mol. The van der Waals surface area contributed by atoms with E-state index < -0.39 is 12.0 Å². The second-order valence-corrected chi connectivity index (χ2v) is 3.02. The van der Waals surface area contributed by atoms with E-state index in [1.54, 1.807) is 30.3 Å². The van der Waals surface area contributed by atoms with Gasteiger partial charge in [-0.2, -0.15) is 0 Å². The minimum Gasteiger partial charge on any atom is -0.480 e. The van der Waals surface area contributed by atoms with Gasteiger partial charge in [0.15, 0.2) is 0 Å². The van der Waals surface area contributed by atoms with Crippen molar-refractivity contribution < 1.29 is 14.7 Å². The van der Waals surface area contributed by atoms with E-state index in [1.807, 2.05) is 0 Å². The number of nitrogens with one attached hydrogen (secondary N) is 2. The van der Waals surface area contributed by atoms with Crippen molar-refractivity contribution in [3.63, 3.8) is 0 Å². The number of carboxylic acids is 1. The van der Waals surface area contributed by atoms with Crippen molar-refractivity contribution in [2.75, 3.05) is 0 Å². The van der Waals surface area contributed by atoms with Crippen LogP contribution in [0.4, 0.5) is 0 Å². The minimum absolute atomic E-state index is 0.358. The summed E-state index contributed by atoms with van der Waals surface area (Å²) >= 11 is 0. The van der Waals surface area contributed by atoms with Gasteiger partial charge in [-0.15, -0.1) is 0 Å². The highest BCUT2D eigenvalue weighted by atomic mass is 16.4. The maximum atomic E-state index is 11.4. The van der Waals surface area contributed by atoms with Gasteiger partial charge in [-0.3, -0.25) is 15.0 Å². The molecule has 1 atom stereocenters. The zero-order valence-electron chi connectivity index (χ0n) is 8.23. The Morgan fingerprint density at radius 1 is 1.27 bits per heavy atom. The number of benzene rings is 1. The third-order valence-electron chi connectivity index (χ3n) is 1.81. The number of rotatable bonds is 4. The summed E-state index contributed by atoms with van der Waals surface area (Å²) in [7, 11) is 0. The third kappa shape index (κ3) is 3.40. The standard InChI is InChI=1S/C10H12N2O3/c1-7(10(14)15)11-12-9(13)8-5-3-2-4-6-8/h2-7,11H,1H3,(H,12,13)(H,14,15)/t7-/m0/s1. The highest BCUT2D eigenvalue weighted by Gasteiger charge is 2.11. The number of hydrogen-bond acceptors (Lipinski definition) is 3. The lowest BCUT2D eigenvalue weighted by molar-refractivity contribution is -0.139. The summed E-state index contributed by atoms with van der Waals surface area (Å²) in [4.78, 5) is 21.8. The molecular weight excluding hydrogens is 196 g/mol. The Bertz CT molecular complexity index is 351. The van der Waals surface area contributed by atoms with E-state index in [1.165, 1.54) is 6.92 Å². The van der Waals surface area contributed by atoms with Gasteiger partial charge in [0.1, 0.15) is 6.04 Å². The fourth-order valence-electron chi connectivity index (χ4n) is 0.897. The van der Waals surface area contributed by atoms with E-state index in [2.05, 4.69) is 10.9 Å². The summed E-state index contributed by atoms with van der Waals surface area (Å²) in [5.41, 5.74) is 5.17. The summed E-state index contributed by atoms with van der Waals surface area (Å²) in [6, 6.07) is 7.72. The SMILES string of the molecule is C[C@H](NNC(=O)c1ccccc1)C(=O)O. The molecule has 0 aliphatic carbocycles. The summed E-state index contributed by atoms with van der Waals surface area (Å²) in [6.07, 6.45) is 0. The van der Waals surface area contributed by atoms with Gasteiger partial charge in [-0.25, -0.2) is 5.43 Å². The van der Waals surface area contributed by atoms with Crippen LogP contribution in [0.15, 0.2) is 30.3 Å². The van der Waals surface area contributed by atoms with Crippen molar-refractivity contribution in [2.24, 2.45) is 0 Å². The molecule has 5 nitrogen and oxygen atoms in total. The van der Waals surface area contributed by atoms with Crippen molar-refractivity contribution in [3.05, 3.63) is 35.9 Å². The van der Waals surface area contributed by atoms with E-state index >= 15 is 0 Å². The first-order valence-corrected chi connectivity index (χ1v) is 4.45. The molecule has 0 saturated carbocycles. The van der Waals surface area contributed by atoms with Gasteiger partial charge >= 0.3 is 5.97 Å². The summed E-state index contributed by atoms with van der Waals surface area (Å²) in [5.74, 6) is -1.38. The Kier molecular flexibility index (Phi) is 3.82. The fourth-order valence-corrected chi connectivity index (χ4v) is 0.897. The average Bonchev–Trinajstić information content (AvgIpc) is 2.26. The molecule has 0 heterocycles. The number of carbonyl (C=O) groups excluding carboxylic acids is 1. The molecule has 0 radical (unpaired) electrons. The van der Waals surface area contributed by atoms with E-state index in [0.717, 1.165) is 0 Å². The minimum atomic E-state index is -1.02. The monoisotopic (exact) mass is 208 g/mol. The van der Waals surface area contributed by atoms with Crippen LogP contribution in [0.1, 0.15) is 17.3 Å². The van der Waals surface area contributed by atoms with Gasteiger partial charge in [0.05, 0.1) is 0 Å². The largest absolute Gasteiger partial charge is 0.480 e. The molecule has 0 fully saturated rings. The highest BCUT2D eigenvalue weighted by Crippen LogP contribution is 1.96.